The fraction of sp³-hybridized carbons (Fsp3) is 0.857. The number of epoxide rings is 1. The van der Waals surface area contributed by atoms with Gasteiger partial charge in [0.15, 0.2) is 6.10 Å². The highest BCUT2D eigenvalue weighted by atomic mass is 32.2. The Hall–Kier alpha value is -1.33. The zero-order valence-corrected chi connectivity index (χ0v) is 14.3. The summed E-state index contributed by atoms with van der Waals surface area (Å²) < 4.78 is 71.5. The monoisotopic (exact) mass is 386 g/mol. The largest absolute Gasteiger partial charge is 0.463 e. The molecule has 0 bridgehead atoms. The maximum absolute atomic E-state index is 13.5. The molecule has 1 heterocycles. The van der Waals surface area contributed by atoms with Gasteiger partial charge in [-0.2, -0.15) is 17.2 Å². The highest BCUT2D eigenvalue weighted by Gasteiger charge is 2.52. The average molecular weight is 386 g/mol. The van der Waals surface area contributed by atoms with Crippen molar-refractivity contribution >= 4 is 22.1 Å². The van der Waals surface area contributed by atoms with Crippen molar-refractivity contribution in [1.82, 2.24) is 0 Å². The number of ether oxygens (including phenoxy) is 3. The Bertz CT molecular complexity index is 616. The van der Waals surface area contributed by atoms with Gasteiger partial charge in [0.05, 0.1) is 18.4 Å². The Morgan fingerprint density at radius 2 is 1.76 bits per heavy atom. The molecule has 0 aromatic heterocycles. The third-order valence-electron chi connectivity index (χ3n) is 4.30. The van der Waals surface area contributed by atoms with Crippen molar-refractivity contribution in [3.63, 3.8) is 0 Å². The van der Waals surface area contributed by atoms with E-state index in [2.05, 4.69) is 4.74 Å². The van der Waals surface area contributed by atoms with Crippen LogP contribution >= 0.6 is 0 Å². The van der Waals surface area contributed by atoms with Crippen LogP contribution in [0.1, 0.15) is 32.6 Å². The van der Waals surface area contributed by atoms with E-state index in [0.29, 0.717) is 32.8 Å². The third-order valence-corrected chi connectivity index (χ3v) is 5.32. The molecule has 2 aliphatic rings. The standard InChI is InChI=1S/C14H20F2O8S/c1-8(14(15,16)25(19,20)21)24-13(18)11-5-3-2-4-10(11)12(17)23-7-9-6-22-9/h8-11H,2-7H2,1H3,(H,19,20,21). The molecule has 144 valence electrons. The average Bonchev–Trinajstić information content (AvgIpc) is 3.35. The first-order chi connectivity index (χ1) is 11.5. The Labute approximate surface area is 143 Å². The quantitative estimate of drug-likeness (QED) is 0.393. The topological polar surface area (TPSA) is 120 Å². The van der Waals surface area contributed by atoms with E-state index in [-0.39, 0.29) is 19.1 Å². The molecule has 8 nitrogen and oxygen atoms in total. The molecule has 1 N–H and O–H groups in total. The Balaban J connectivity index is 2.00. The van der Waals surface area contributed by atoms with Crippen LogP contribution in [0.3, 0.4) is 0 Å². The molecular weight excluding hydrogens is 366 g/mol. The van der Waals surface area contributed by atoms with E-state index in [1.54, 1.807) is 0 Å². The van der Waals surface area contributed by atoms with Crippen LogP contribution in [0.25, 0.3) is 0 Å². The smallest absolute Gasteiger partial charge is 0.405 e. The summed E-state index contributed by atoms with van der Waals surface area (Å²) in [4.78, 5) is 24.3. The van der Waals surface area contributed by atoms with Gasteiger partial charge in [0.25, 0.3) is 0 Å². The van der Waals surface area contributed by atoms with Gasteiger partial charge in [-0.1, -0.05) is 12.8 Å². The molecular formula is C14H20F2O8S. The fourth-order valence-electron chi connectivity index (χ4n) is 2.68. The lowest BCUT2D eigenvalue weighted by Gasteiger charge is -2.30. The second kappa shape index (κ2) is 7.50. The van der Waals surface area contributed by atoms with E-state index in [9.17, 15) is 26.8 Å². The van der Waals surface area contributed by atoms with Crippen molar-refractivity contribution in [2.75, 3.05) is 13.2 Å². The molecule has 25 heavy (non-hydrogen) atoms. The van der Waals surface area contributed by atoms with Crippen molar-refractivity contribution in [3.8, 4) is 0 Å². The van der Waals surface area contributed by atoms with Gasteiger partial charge in [-0.25, -0.2) is 0 Å². The van der Waals surface area contributed by atoms with Gasteiger partial charge in [-0.15, -0.1) is 0 Å². The number of halogens is 2. The van der Waals surface area contributed by atoms with Crippen molar-refractivity contribution in [2.24, 2.45) is 11.8 Å². The Morgan fingerprint density at radius 3 is 2.24 bits per heavy atom. The van der Waals surface area contributed by atoms with E-state index >= 15 is 0 Å². The summed E-state index contributed by atoms with van der Waals surface area (Å²) in [5, 5.41) is -4.64. The van der Waals surface area contributed by atoms with Gasteiger partial charge < -0.3 is 14.2 Å². The number of carbonyl (C=O) groups is 2. The minimum Gasteiger partial charge on any atom is -0.463 e. The summed E-state index contributed by atoms with van der Waals surface area (Å²) in [6.07, 6.45) is -0.700. The van der Waals surface area contributed by atoms with Crippen molar-refractivity contribution in [1.29, 1.82) is 0 Å². The summed E-state index contributed by atoms with van der Waals surface area (Å²) >= 11 is 0. The predicted molar refractivity (Wildman–Crippen MR) is 78.2 cm³/mol. The second-order valence-electron chi connectivity index (χ2n) is 6.20. The molecule has 1 saturated carbocycles. The fourth-order valence-corrected chi connectivity index (χ4v) is 3.15. The number of carbonyl (C=O) groups excluding carboxylic acids is 2. The first kappa shape index (κ1) is 20.0. The normalized spacial score (nSPS) is 28.1. The lowest BCUT2D eigenvalue weighted by molar-refractivity contribution is -0.173. The number of rotatable bonds is 7. The second-order valence-corrected chi connectivity index (χ2v) is 7.69. The lowest BCUT2D eigenvalue weighted by Crippen LogP contribution is -2.44. The number of hydrogen-bond acceptors (Lipinski definition) is 7. The minimum absolute atomic E-state index is 0.0638. The van der Waals surface area contributed by atoms with Gasteiger partial charge >= 0.3 is 27.3 Å². The Morgan fingerprint density at radius 1 is 1.24 bits per heavy atom. The summed E-state index contributed by atoms with van der Waals surface area (Å²) in [5.74, 6) is -3.58. The molecule has 11 heteroatoms. The van der Waals surface area contributed by atoms with Gasteiger partial charge in [0.2, 0.25) is 0 Å². The molecule has 4 unspecified atom stereocenters. The number of esters is 2. The molecule has 1 saturated heterocycles. The van der Waals surface area contributed by atoms with Gasteiger partial charge in [0.1, 0.15) is 12.7 Å². The van der Waals surface area contributed by atoms with Crippen LogP contribution in [0.2, 0.25) is 0 Å². The molecule has 0 radical (unpaired) electrons. The predicted octanol–water partition coefficient (Wildman–Crippen LogP) is 1.15. The number of hydrogen-bond donors (Lipinski definition) is 1. The van der Waals surface area contributed by atoms with Crippen LogP contribution in [0.4, 0.5) is 8.78 Å². The lowest BCUT2D eigenvalue weighted by atomic mass is 9.79. The molecule has 1 aliphatic carbocycles. The molecule has 0 spiro atoms. The van der Waals surface area contributed by atoms with E-state index in [1.807, 2.05) is 0 Å². The molecule has 2 rings (SSSR count). The maximum Gasteiger partial charge on any atom is 0.405 e. The van der Waals surface area contributed by atoms with Crippen LogP contribution < -0.4 is 0 Å². The van der Waals surface area contributed by atoms with Gasteiger partial charge in [-0.3, -0.25) is 14.1 Å². The van der Waals surface area contributed by atoms with E-state index in [1.165, 1.54) is 0 Å². The number of alkyl halides is 2. The summed E-state index contributed by atoms with van der Waals surface area (Å²) in [5.41, 5.74) is 0. The van der Waals surface area contributed by atoms with E-state index in [0.717, 1.165) is 0 Å². The highest BCUT2D eigenvalue weighted by Crippen LogP contribution is 2.34. The highest BCUT2D eigenvalue weighted by molar-refractivity contribution is 7.86. The zero-order chi connectivity index (χ0) is 18.8. The van der Waals surface area contributed by atoms with Crippen LogP contribution in [0.5, 0.6) is 0 Å². The van der Waals surface area contributed by atoms with Crippen molar-refractivity contribution < 1.29 is 45.6 Å². The molecule has 1 aliphatic heterocycles. The molecule has 2 fully saturated rings. The summed E-state index contributed by atoms with van der Waals surface area (Å²) in [6.45, 7) is 1.21. The van der Waals surface area contributed by atoms with Crippen LogP contribution in [0.15, 0.2) is 0 Å². The third kappa shape index (κ3) is 4.85. The van der Waals surface area contributed by atoms with E-state index in [4.69, 9.17) is 14.0 Å². The molecule has 0 amide bonds. The first-order valence-corrected chi connectivity index (χ1v) is 9.31. The van der Waals surface area contributed by atoms with Crippen LogP contribution in [-0.2, 0) is 33.9 Å². The van der Waals surface area contributed by atoms with Crippen molar-refractivity contribution in [3.05, 3.63) is 0 Å². The summed E-state index contributed by atoms with van der Waals surface area (Å²) in [7, 11) is -5.74. The Kier molecular flexibility index (Phi) is 6.00. The zero-order valence-electron chi connectivity index (χ0n) is 13.5. The molecule has 0 aromatic rings. The maximum atomic E-state index is 13.5. The molecule has 4 atom stereocenters. The molecule has 0 aromatic carbocycles. The SMILES string of the molecule is CC(OC(=O)C1CCCCC1C(=O)OCC1CO1)C(F)(F)S(=O)(=O)O. The summed E-state index contributed by atoms with van der Waals surface area (Å²) in [6, 6.07) is 0. The first-order valence-electron chi connectivity index (χ1n) is 7.87. The van der Waals surface area contributed by atoms with Gasteiger partial charge in [-0.05, 0) is 19.8 Å². The van der Waals surface area contributed by atoms with Crippen LogP contribution in [0, 0.1) is 11.8 Å². The van der Waals surface area contributed by atoms with Gasteiger partial charge in [0, 0.05) is 0 Å². The minimum atomic E-state index is -5.74. The van der Waals surface area contributed by atoms with Crippen molar-refractivity contribution in [2.45, 2.75) is 50.1 Å². The van der Waals surface area contributed by atoms with E-state index < -0.39 is 45.3 Å². The van der Waals surface area contributed by atoms with Crippen LogP contribution in [-0.4, -0.2) is 55.6 Å².